The van der Waals surface area contributed by atoms with E-state index in [2.05, 4.69) is 4.99 Å². The maximum atomic E-state index is 13.2. The van der Waals surface area contributed by atoms with Crippen LogP contribution in [0.5, 0.6) is 0 Å². The summed E-state index contributed by atoms with van der Waals surface area (Å²) in [6.45, 7) is 4.04. The minimum atomic E-state index is -0.294. The highest BCUT2D eigenvalue weighted by molar-refractivity contribution is 8.14. The molecule has 0 unspecified atom stereocenters. The van der Waals surface area contributed by atoms with Gasteiger partial charge in [0.2, 0.25) is 0 Å². The van der Waals surface area contributed by atoms with E-state index in [0.717, 1.165) is 17.5 Å². The zero-order valence-corrected chi connectivity index (χ0v) is 14.0. The summed E-state index contributed by atoms with van der Waals surface area (Å²) in [7, 11) is 0. The molecule has 0 bridgehead atoms. The van der Waals surface area contributed by atoms with Gasteiger partial charge in [-0.15, -0.1) is 0 Å². The predicted octanol–water partition coefficient (Wildman–Crippen LogP) is 4.90. The monoisotopic (exact) mass is 334 g/mol. The van der Waals surface area contributed by atoms with Crippen LogP contribution < -0.4 is 5.73 Å². The summed E-state index contributed by atoms with van der Waals surface area (Å²) in [5.74, 6) is -0.587. The lowest BCUT2D eigenvalue weighted by Crippen LogP contribution is -2.14. The van der Waals surface area contributed by atoms with Crippen molar-refractivity contribution in [1.29, 1.82) is 0 Å². The van der Waals surface area contributed by atoms with Gasteiger partial charge >= 0.3 is 0 Å². The molecule has 0 spiro atoms. The van der Waals surface area contributed by atoms with Crippen LogP contribution in [0.25, 0.3) is 0 Å². The largest absolute Gasteiger partial charge is 0.379 e. The van der Waals surface area contributed by atoms with E-state index < -0.39 is 0 Å². The molecule has 0 saturated carbocycles. The fraction of sp³-hybridized carbons (Fsp3) is 0.278. The number of thioether (sulfide) groups is 1. The molecule has 0 aliphatic heterocycles. The van der Waals surface area contributed by atoms with Crippen molar-refractivity contribution in [2.45, 2.75) is 31.6 Å². The summed E-state index contributed by atoms with van der Waals surface area (Å²) in [4.78, 5) is 4.43. The summed E-state index contributed by atoms with van der Waals surface area (Å²) in [5, 5.41) is 0.307. The van der Waals surface area contributed by atoms with Gasteiger partial charge < -0.3 is 5.73 Å². The Balaban J connectivity index is 2.33. The molecule has 2 aromatic rings. The average molecular weight is 334 g/mol. The molecule has 2 N–H and O–H groups in total. The van der Waals surface area contributed by atoms with Gasteiger partial charge in [0.25, 0.3) is 0 Å². The second-order valence-corrected chi connectivity index (χ2v) is 6.45. The molecule has 5 heteroatoms. The molecule has 2 rings (SSSR count). The van der Waals surface area contributed by atoms with Crippen molar-refractivity contribution < 1.29 is 8.78 Å². The molecule has 0 saturated heterocycles. The van der Waals surface area contributed by atoms with E-state index in [1.807, 2.05) is 13.8 Å². The highest BCUT2D eigenvalue weighted by Crippen LogP contribution is 2.36. The molecule has 0 aliphatic rings. The molecule has 2 nitrogen and oxygen atoms in total. The van der Waals surface area contributed by atoms with Gasteiger partial charge in [-0.3, -0.25) is 4.99 Å². The Labute approximate surface area is 139 Å². The quantitative estimate of drug-likeness (QED) is 0.624. The average Bonchev–Trinajstić information content (AvgIpc) is 2.54. The van der Waals surface area contributed by atoms with E-state index in [9.17, 15) is 8.78 Å². The SMILES string of the molecule is CC[C@H](C)N=C(N)SC(c1ccc(F)cc1)c1ccc(F)cc1. The third kappa shape index (κ3) is 5.06. The summed E-state index contributed by atoms with van der Waals surface area (Å²) in [6, 6.07) is 12.6. The van der Waals surface area contributed by atoms with Crippen LogP contribution in [-0.4, -0.2) is 11.2 Å². The standard InChI is InChI=1S/C18H20F2N2S/c1-3-12(2)22-18(21)23-17(13-4-8-15(19)9-5-13)14-6-10-16(20)11-7-14/h4-12,17H,3H2,1-2H3,(H2,21,22)/t12-/m0/s1. The number of hydrogen-bond acceptors (Lipinski definition) is 2. The van der Waals surface area contributed by atoms with Crippen LogP contribution in [0.2, 0.25) is 0 Å². The third-order valence-corrected chi connectivity index (χ3v) is 4.65. The number of rotatable bonds is 5. The van der Waals surface area contributed by atoms with Crippen LogP contribution in [0.3, 0.4) is 0 Å². The van der Waals surface area contributed by atoms with Crippen LogP contribution >= 0.6 is 11.8 Å². The molecule has 0 fully saturated rings. The van der Waals surface area contributed by atoms with Crippen molar-refractivity contribution in [2.75, 3.05) is 0 Å². The van der Waals surface area contributed by atoms with Crippen LogP contribution in [0.15, 0.2) is 53.5 Å². The number of benzene rings is 2. The van der Waals surface area contributed by atoms with E-state index in [0.29, 0.717) is 5.17 Å². The molecule has 0 aromatic heterocycles. The number of halogens is 2. The zero-order chi connectivity index (χ0) is 16.8. The van der Waals surface area contributed by atoms with Gasteiger partial charge in [-0.05, 0) is 48.7 Å². The highest BCUT2D eigenvalue weighted by Gasteiger charge is 2.17. The summed E-state index contributed by atoms with van der Waals surface area (Å²) < 4.78 is 26.4. The van der Waals surface area contributed by atoms with Crippen molar-refractivity contribution in [3.05, 3.63) is 71.3 Å². The number of aliphatic imine (C=N–C) groups is 1. The lowest BCUT2D eigenvalue weighted by Gasteiger charge is -2.18. The Morgan fingerprint density at radius 2 is 1.43 bits per heavy atom. The molecule has 1 atom stereocenters. The predicted molar refractivity (Wildman–Crippen MR) is 93.6 cm³/mol. The van der Waals surface area contributed by atoms with Crippen molar-refractivity contribution in [3.63, 3.8) is 0 Å². The first-order valence-corrected chi connectivity index (χ1v) is 8.38. The molecule has 2 aromatic carbocycles. The molecule has 0 amide bonds. The van der Waals surface area contributed by atoms with Gasteiger partial charge in [0.15, 0.2) is 5.17 Å². The van der Waals surface area contributed by atoms with Crippen molar-refractivity contribution in [3.8, 4) is 0 Å². The second-order valence-electron chi connectivity index (χ2n) is 5.33. The van der Waals surface area contributed by atoms with Crippen molar-refractivity contribution >= 4 is 16.9 Å². The molecule has 122 valence electrons. The third-order valence-electron chi connectivity index (χ3n) is 3.52. The van der Waals surface area contributed by atoms with E-state index in [-0.39, 0.29) is 22.9 Å². The number of amidine groups is 1. The lowest BCUT2D eigenvalue weighted by molar-refractivity contribution is 0.626. The molecule has 0 aliphatic carbocycles. The van der Waals surface area contributed by atoms with Crippen LogP contribution in [0.1, 0.15) is 36.6 Å². The van der Waals surface area contributed by atoms with Crippen molar-refractivity contribution in [1.82, 2.24) is 0 Å². The van der Waals surface area contributed by atoms with E-state index in [1.165, 1.54) is 36.0 Å². The summed E-state index contributed by atoms with van der Waals surface area (Å²) >= 11 is 1.39. The Morgan fingerprint density at radius 1 is 1.00 bits per heavy atom. The minimum Gasteiger partial charge on any atom is -0.379 e. The van der Waals surface area contributed by atoms with E-state index in [4.69, 9.17) is 5.73 Å². The van der Waals surface area contributed by atoms with Gasteiger partial charge in [-0.25, -0.2) is 8.78 Å². The highest BCUT2D eigenvalue weighted by atomic mass is 32.2. The first-order valence-electron chi connectivity index (χ1n) is 7.50. The fourth-order valence-corrected chi connectivity index (χ4v) is 3.13. The summed E-state index contributed by atoms with van der Waals surface area (Å²) in [5.41, 5.74) is 7.84. The lowest BCUT2D eigenvalue weighted by atomic mass is 10.0. The Bertz CT molecular complexity index is 608. The molecular weight excluding hydrogens is 314 g/mol. The zero-order valence-electron chi connectivity index (χ0n) is 13.2. The second kappa shape index (κ2) is 8.11. The van der Waals surface area contributed by atoms with Gasteiger partial charge in [-0.1, -0.05) is 43.0 Å². The van der Waals surface area contributed by atoms with E-state index in [1.54, 1.807) is 24.3 Å². The molecule has 0 radical (unpaired) electrons. The first kappa shape index (κ1) is 17.5. The number of nitrogens with zero attached hydrogens (tertiary/aromatic N) is 1. The minimum absolute atomic E-state index is 0.143. The smallest absolute Gasteiger partial charge is 0.155 e. The normalized spacial score (nSPS) is 13.3. The first-order chi connectivity index (χ1) is 11.0. The van der Waals surface area contributed by atoms with Crippen molar-refractivity contribution in [2.24, 2.45) is 10.7 Å². The Kier molecular flexibility index (Phi) is 6.16. The Hall–Kier alpha value is -1.88. The van der Waals surface area contributed by atoms with Crippen LogP contribution in [-0.2, 0) is 0 Å². The van der Waals surface area contributed by atoms with Crippen LogP contribution in [0.4, 0.5) is 8.78 Å². The molecule has 23 heavy (non-hydrogen) atoms. The summed E-state index contributed by atoms with van der Waals surface area (Å²) in [6.07, 6.45) is 0.902. The maximum absolute atomic E-state index is 13.2. The van der Waals surface area contributed by atoms with Gasteiger partial charge in [0.1, 0.15) is 11.6 Å². The van der Waals surface area contributed by atoms with Gasteiger partial charge in [0, 0.05) is 6.04 Å². The number of nitrogens with two attached hydrogens (primary N) is 1. The maximum Gasteiger partial charge on any atom is 0.155 e. The fourth-order valence-electron chi connectivity index (χ4n) is 2.06. The molecule has 0 heterocycles. The van der Waals surface area contributed by atoms with Gasteiger partial charge in [0.05, 0.1) is 5.25 Å². The molecular formula is C18H20F2N2S. The van der Waals surface area contributed by atoms with E-state index >= 15 is 0 Å². The number of hydrogen-bond donors (Lipinski definition) is 1. The van der Waals surface area contributed by atoms with Crippen LogP contribution in [0, 0.1) is 11.6 Å². The van der Waals surface area contributed by atoms with Gasteiger partial charge in [-0.2, -0.15) is 0 Å². The topological polar surface area (TPSA) is 38.4 Å². The Morgan fingerprint density at radius 3 is 1.83 bits per heavy atom.